The molecule has 0 saturated heterocycles. The van der Waals surface area contributed by atoms with Crippen LogP contribution in [0.5, 0.6) is 0 Å². The van der Waals surface area contributed by atoms with E-state index in [0.29, 0.717) is 31.4 Å². The molecule has 4 N–H and O–H groups in total. The zero-order chi connectivity index (χ0) is 21.0. The third kappa shape index (κ3) is 4.92. The lowest BCUT2D eigenvalue weighted by Gasteiger charge is -2.28. The second-order valence-electron chi connectivity index (χ2n) is 6.84. The van der Waals surface area contributed by atoms with E-state index in [9.17, 15) is 18.8 Å². The number of aromatic nitrogens is 2. The minimum atomic E-state index is -0.471. The fraction of sp³-hybridized carbons (Fsp3) is 0.368. The second kappa shape index (κ2) is 9.04. The van der Waals surface area contributed by atoms with Crippen LogP contribution < -0.4 is 16.0 Å². The van der Waals surface area contributed by atoms with Gasteiger partial charge >= 0.3 is 0 Å². The Morgan fingerprint density at radius 3 is 2.55 bits per heavy atom. The van der Waals surface area contributed by atoms with Crippen LogP contribution in [0, 0.1) is 11.7 Å². The molecule has 0 atom stereocenters. The van der Waals surface area contributed by atoms with E-state index in [2.05, 4.69) is 25.9 Å². The van der Waals surface area contributed by atoms with Gasteiger partial charge in [0.05, 0.1) is 17.0 Å². The van der Waals surface area contributed by atoms with Gasteiger partial charge in [-0.1, -0.05) is 11.6 Å². The topological polar surface area (TPSA) is 116 Å². The molecule has 154 valence electrons. The number of carbonyl (C=O) groups excluding carboxylic acids is 3. The number of halogens is 2. The van der Waals surface area contributed by atoms with Gasteiger partial charge in [-0.25, -0.2) is 9.37 Å². The van der Waals surface area contributed by atoms with Gasteiger partial charge in [0.2, 0.25) is 5.91 Å². The van der Waals surface area contributed by atoms with Crippen molar-refractivity contribution < 1.29 is 18.8 Å². The number of H-pyrrole nitrogens is 1. The maximum Gasteiger partial charge on any atom is 0.272 e. The summed E-state index contributed by atoms with van der Waals surface area (Å²) in [7, 11) is 1.46. The number of nitrogens with zero attached hydrogens (tertiary/aromatic N) is 1. The first-order chi connectivity index (χ1) is 13.9. The largest absolute Gasteiger partial charge is 0.354 e. The lowest BCUT2D eigenvalue weighted by atomic mass is 9.85. The predicted octanol–water partition coefficient (Wildman–Crippen LogP) is 2.49. The van der Waals surface area contributed by atoms with Gasteiger partial charge in [0.25, 0.3) is 11.8 Å². The van der Waals surface area contributed by atoms with Crippen molar-refractivity contribution in [1.29, 1.82) is 0 Å². The molecule has 1 aliphatic carbocycles. The summed E-state index contributed by atoms with van der Waals surface area (Å²) in [6.07, 6.45) is 3.69. The minimum Gasteiger partial charge on any atom is -0.354 e. The Kier molecular flexibility index (Phi) is 6.48. The maximum absolute atomic E-state index is 13.1. The molecule has 8 nitrogen and oxygen atoms in total. The van der Waals surface area contributed by atoms with Crippen molar-refractivity contribution in [3.05, 3.63) is 46.8 Å². The number of hydrogen-bond donors (Lipinski definition) is 4. The zero-order valence-electron chi connectivity index (χ0n) is 15.7. The van der Waals surface area contributed by atoms with E-state index in [0.717, 1.165) is 6.07 Å². The van der Waals surface area contributed by atoms with Crippen LogP contribution in [-0.2, 0) is 4.79 Å². The third-order valence-electron chi connectivity index (χ3n) is 4.93. The van der Waals surface area contributed by atoms with Crippen molar-refractivity contribution in [1.82, 2.24) is 20.6 Å². The summed E-state index contributed by atoms with van der Waals surface area (Å²) in [6, 6.07) is 3.69. The van der Waals surface area contributed by atoms with Crippen LogP contribution >= 0.6 is 11.6 Å². The van der Waals surface area contributed by atoms with Crippen LogP contribution in [-0.4, -0.2) is 40.8 Å². The van der Waals surface area contributed by atoms with E-state index in [-0.39, 0.29) is 34.3 Å². The first kappa shape index (κ1) is 20.8. The van der Waals surface area contributed by atoms with Gasteiger partial charge in [0, 0.05) is 19.0 Å². The number of hydrogen-bond acceptors (Lipinski definition) is 4. The highest BCUT2D eigenvalue weighted by Gasteiger charge is 2.29. The fourth-order valence-corrected chi connectivity index (χ4v) is 3.56. The molecule has 1 aromatic carbocycles. The predicted molar refractivity (Wildman–Crippen MR) is 105 cm³/mol. The number of amides is 3. The average Bonchev–Trinajstić information content (AvgIpc) is 3.20. The normalized spacial score (nSPS) is 18.7. The molecule has 1 aromatic heterocycles. The molecule has 1 saturated carbocycles. The van der Waals surface area contributed by atoms with Gasteiger partial charge in [0.15, 0.2) is 5.69 Å². The van der Waals surface area contributed by atoms with Gasteiger partial charge in [-0.3, -0.25) is 14.4 Å². The van der Waals surface area contributed by atoms with Crippen LogP contribution in [0.15, 0.2) is 24.5 Å². The first-order valence-electron chi connectivity index (χ1n) is 9.21. The summed E-state index contributed by atoms with van der Waals surface area (Å²) in [5.41, 5.74) is 0.513. The van der Waals surface area contributed by atoms with E-state index < -0.39 is 17.6 Å². The summed E-state index contributed by atoms with van der Waals surface area (Å²) in [5, 5.41) is 8.19. The molecule has 29 heavy (non-hydrogen) atoms. The quantitative estimate of drug-likeness (QED) is 0.593. The molecular weight excluding hydrogens is 401 g/mol. The molecule has 1 aliphatic rings. The van der Waals surface area contributed by atoms with Gasteiger partial charge in [-0.2, -0.15) is 0 Å². The summed E-state index contributed by atoms with van der Waals surface area (Å²) in [4.78, 5) is 43.2. The fourth-order valence-electron chi connectivity index (χ4n) is 3.34. The van der Waals surface area contributed by atoms with E-state index >= 15 is 0 Å². The SMILES string of the molecule is CNC(=O)c1nc[nH]c1C(=O)N[C@H]1CC[C@H](C(=O)Nc2ccc(F)cc2Cl)CC1. The minimum absolute atomic E-state index is 0.0363. The second-order valence-corrected chi connectivity index (χ2v) is 7.25. The van der Waals surface area contributed by atoms with Gasteiger partial charge in [-0.05, 0) is 43.9 Å². The highest BCUT2D eigenvalue weighted by atomic mass is 35.5. The van der Waals surface area contributed by atoms with E-state index in [1.54, 1.807) is 0 Å². The number of carbonyl (C=O) groups is 3. The van der Waals surface area contributed by atoms with Crippen molar-refractivity contribution in [2.75, 3.05) is 12.4 Å². The van der Waals surface area contributed by atoms with Crippen molar-refractivity contribution in [2.24, 2.45) is 5.92 Å². The van der Waals surface area contributed by atoms with Crippen LogP contribution in [0.25, 0.3) is 0 Å². The highest BCUT2D eigenvalue weighted by molar-refractivity contribution is 6.33. The lowest BCUT2D eigenvalue weighted by molar-refractivity contribution is -0.120. The first-order valence-corrected chi connectivity index (χ1v) is 9.59. The molecule has 1 fully saturated rings. The molecule has 10 heteroatoms. The highest BCUT2D eigenvalue weighted by Crippen LogP contribution is 2.28. The molecule has 0 aliphatic heterocycles. The van der Waals surface area contributed by atoms with Crippen molar-refractivity contribution in [3.63, 3.8) is 0 Å². The smallest absolute Gasteiger partial charge is 0.272 e. The number of imidazole rings is 1. The van der Waals surface area contributed by atoms with Crippen molar-refractivity contribution >= 4 is 35.0 Å². The number of anilines is 1. The molecule has 1 heterocycles. The van der Waals surface area contributed by atoms with Crippen molar-refractivity contribution in [2.45, 2.75) is 31.7 Å². The van der Waals surface area contributed by atoms with Gasteiger partial charge in [-0.15, -0.1) is 0 Å². The van der Waals surface area contributed by atoms with E-state index in [4.69, 9.17) is 11.6 Å². The summed E-state index contributed by atoms with van der Waals surface area (Å²) in [5.74, 6) is -1.74. The Morgan fingerprint density at radius 1 is 1.17 bits per heavy atom. The Labute approximate surface area is 171 Å². The standard InChI is InChI=1S/C19H21ClFN5O3/c1-22-18(28)15-16(24-9-23-15)19(29)25-12-5-2-10(3-6-12)17(27)26-14-7-4-11(21)8-13(14)20/h4,7-10,12H,2-3,5-6H2,1H3,(H,22,28)(H,23,24)(H,25,29)(H,26,27)/t10-,12-. The van der Waals surface area contributed by atoms with Crippen LogP contribution in [0.3, 0.4) is 0 Å². The maximum atomic E-state index is 13.1. The Balaban J connectivity index is 1.52. The monoisotopic (exact) mass is 421 g/mol. The molecule has 0 unspecified atom stereocenters. The van der Waals surface area contributed by atoms with Crippen LogP contribution in [0.2, 0.25) is 5.02 Å². The molecule has 3 rings (SSSR count). The molecule has 0 spiro atoms. The number of rotatable bonds is 5. The number of benzene rings is 1. The Bertz CT molecular complexity index is 924. The third-order valence-corrected chi connectivity index (χ3v) is 5.24. The molecule has 0 bridgehead atoms. The zero-order valence-corrected chi connectivity index (χ0v) is 16.5. The number of aromatic amines is 1. The van der Waals surface area contributed by atoms with Crippen LogP contribution in [0.1, 0.15) is 46.7 Å². The summed E-state index contributed by atoms with van der Waals surface area (Å²) >= 11 is 5.95. The Hall–Kier alpha value is -2.94. The number of nitrogens with one attached hydrogen (secondary N) is 4. The molecule has 0 radical (unpaired) electrons. The summed E-state index contributed by atoms with van der Waals surface area (Å²) < 4.78 is 13.1. The average molecular weight is 422 g/mol. The van der Waals surface area contributed by atoms with Gasteiger partial charge < -0.3 is 20.9 Å². The van der Waals surface area contributed by atoms with E-state index in [1.807, 2.05) is 0 Å². The molecule has 2 aromatic rings. The Morgan fingerprint density at radius 2 is 1.90 bits per heavy atom. The van der Waals surface area contributed by atoms with Crippen LogP contribution in [0.4, 0.5) is 10.1 Å². The molecular formula is C19H21ClFN5O3. The van der Waals surface area contributed by atoms with Gasteiger partial charge in [0.1, 0.15) is 11.5 Å². The summed E-state index contributed by atoms with van der Waals surface area (Å²) in [6.45, 7) is 0. The van der Waals surface area contributed by atoms with E-state index in [1.165, 1.54) is 25.5 Å². The molecule has 3 amide bonds. The lowest BCUT2D eigenvalue weighted by Crippen LogP contribution is -2.40. The van der Waals surface area contributed by atoms with Crippen molar-refractivity contribution in [3.8, 4) is 0 Å².